The van der Waals surface area contributed by atoms with E-state index in [2.05, 4.69) is 5.32 Å². The van der Waals surface area contributed by atoms with Crippen molar-refractivity contribution in [2.24, 2.45) is 0 Å². The molecule has 21 heavy (non-hydrogen) atoms. The number of hydrogen-bond donors (Lipinski definition) is 1. The van der Waals surface area contributed by atoms with Crippen molar-refractivity contribution in [3.8, 4) is 5.75 Å². The van der Waals surface area contributed by atoms with Gasteiger partial charge >= 0.3 is 0 Å². The zero-order valence-corrected chi connectivity index (χ0v) is 12.4. The molecule has 0 aliphatic rings. The van der Waals surface area contributed by atoms with Crippen molar-refractivity contribution in [2.45, 2.75) is 4.90 Å². The first kappa shape index (κ1) is 15.1. The van der Waals surface area contributed by atoms with Crippen LogP contribution in [0.5, 0.6) is 5.75 Å². The summed E-state index contributed by atoms with van der Waals surface area (Å²) < 4.78 is 5.37. The van der Waals surface area contributed by atoms with Crippen LogP contribution < -0.4 is 10.1 Å². The zero-order valence-electron chi connectivity index (χ0n) is 11.5. The van der Waals surface area contributed by atoms with Gasteiger partial charge in [0.15, 0.2) is 12.9 Å². The number of hydrogen-bond acceptors (Lipinski definition) is 4. The predicted molar refractivity (Wildman–Crippen MR) is 84.2 cm³/mol. The molecule has 0 radical (unpaired) electrons. The van der Waals surface area contributed by atoms with E-state index in [1.54, 1.807) is 36.0 Å². The maximum atomic E-state index is 11.9. The van der Waals surface area contributed by atoms with E-state index in [0.29, 0.717) is 17.6 Å². The third-order valence-corrected chi connectivity index (χ3v) is 3.48. The molecule has 1 amide bonds. The van der Waals surface area contributed by atoms with Crippen LogP contribution in [0, 0.1) is 0 Å². The van der Waals surface area contributed by atoms with Crippen LogP contribution in [-0.4, -0.2) is 25.1 Å². The molecule has 0 bridgehead atoms. The second kappa shape index (κ2) is 7.50. The quantitative estimate of drug-likeness (QED) is 0.657. The maximum absolute atomic E-state index is 11.9. The molecule has 2 aromatic carbocycles. The Balaban J connectivity index is 1.94. The summed E-state index contributed by atoms with van der Waals surface area (Å²) in [5, 5.41) is 2.76. The molecule has 0 heterocycles. The summed E-state index contributed by atoms with van der Waals surface area (Å²) in [5.74, 6) is 0.134. The van der Waals surface area contributed by atoms with Crippen LogP contribution in [0.2, 0.25) is 0 Å². The number of thioether (sulfide) groups is 1. The third-order valence-electron chi connectivity index (χ3n) is 2.76. The zero-order chi connectivity index (χ0) is 15.1. The van der Waals surface area contributed by atoms with Gasteiger partial charge in [0.25, 0.3) is 5.91 Å². The van der Waals surface area contributed by atoms with E-state index in [4.69, 9.17) is 4.74 Å². The minimum atomic E-state index is -0.269. The SMILES string of the molecule is CSc1cccc(NC(=O)COc2ccccc2C=O)c1. The van der Waals surface area contributed by atoms with Crippen molar-refractivity contribution >= 4 is 29.6 Å². The van der Waals surface area contributed by atoms with Gasteiger partial charge in [0, 0.05) is 10.6 Å². The van der Waals surface area contributed by atoms with Gasteiger partial charge in [-0.2, -0.15) is 0 Å². The van der Waals surface area contributed by atoms with E-state index in [1.807, 2.05) is 30.5 Å². The number of ether oxygens (including phenoxy) is 1. The van der Waals surface area contributed by atoms with E-state index in [0.717, 1.165) is 10.6 Å². The highest BCUT2D eigenvalue weighted by Gasteiger charge is 2.06. The number of anilines is 1. The van der Waals surface area contributed by atoms with Crippen LogP contribution in [0.3, 0.4) is 0 Å². The topological polar surface area (TPSA) is 55.4 Å². The van der Waals surface area contributed by atoms with Gasteiger partial charge in [-0.1, -0.05) is 18.2 Å². The van der Waals surface area contributed by atoms with Crippen LogP contribution >= 0.6 is 11.8 Å². The molecular weight excluding hydrogens is 286 g/mol. The summed E-state index contributed by atoms with van der Waals surface area (Å²) in [6, 6.07) is 14.3. The van der Waals surface area contributed by atoms with E-state index in [9.17, 15) is 9.59 Å². The van der Waals surface area contributed by atoms with Gasteiger partial charge in [-0.15, -0.1) is 11.8 Å². The lowest BCUT2D eigenvalue weighted by atomic mass is 10.2. The van der Waals surface area contributed by atoms with Crippen molar-refractivity contribution < 1.29 is 14.3 Å². The fraction of sp³-hybridized carbons (Fsp3) is 0.125. The minimum absolute atomic E-state index is 0.144. The molecule has 0 aliphatic carbocycles. The monoisotopic (exact) mass is 301 g/mol. The maximum Gasteiger partial charge on any atom is 0.262 e. The number of carbonyl (C=O) groups excluding carboxylic acids is 2. The Morgan fingerprint density at radius 3 is 2.81 bits per heavy atom. The van der Waals surface area contributed by atoms with Crippen molar-refractivity contribution in [1.29, 1.82) is 0 Å². The Kier molecular flexibility index (Phi) is 5.40. The molecule has 4 nitrogen and oxygen atoms in total. The Morgan fingerprint density at radius 2 is 2.05 bits per heavy atom. The van der Waals surface area contributed by atoms with Gasteiger partial charge in [0.05, 0.1) is 5.56 Å². The van der Waals surface area contributed by atoms with Crippen LogP contribution in [0.4, 0.5) is 5.69 Å². The summed E-state index contributed by atoms with van der Waals surface area (Å²) in [7, 11) is 0. The molecule has 0 saturated carbocycles. The molecule has 0 aliphatic heterocycles. The first-order valence-corrected chi connectivity index (χ1v) is 7.56. The molecule has 5 heteroatoms. The number of para-hydroxylation sites is 1. The Morgan fingerprint density at radius 1 is 1.24 bits per heavy atom. The van der Waals surface area contributed by atoms with Crippen LogP contribution in [0.1, 0.15) is 10.4 Å². The summed E-state index contributed by atoms with van der Waals surface area (Å²) >= 11 is 1.60. The summed E-state index contributed by atoms with van der Waals surface area (Å²) in [6.45, 7) is -0.144. The van der Waals surface area contributed by atoms with Crippen molar-refractivity contribution in [2.75, 3.05) is 18.2 Å². The molecule has 2 aromatic rings. The van der Waals surface area contributed by atoms with E-state index in [-0.39, 0.29) is 12.5 Å². The van der Waals surface area contributed by atoms with Gasteiger partial charge in [-0.05, 0) is 36.6 Å². The number of amides is 1. The van der Waals surface area contributed by atoms with Gasteiger partial charge in [-0.25, -0.2) is 0 Å². The van der Waals surface area contributed by atoms with Crippen LogP contribution in [0.25, 0.3) is 0 Å². The number of benzene rings is 2. The Hall–Kier alpha value is -2.27. The number of aldehydes is 1. The molecule has 108 valence electrons. The molecule has 0 aromatic heterocycles. The number of nitrogens with one attached hydrogen (secondary N) is 1. The lowest BCUT2D eigenvalue weighted by molar-refractivity contribution is -0.118. The van der Waals surface area contributed by atoms with Gasteiger partial charge in [-0.3, -0.25) is 9.59 Å². The normalized spacial score (nSPS) is 9.95. The highest BCUT2D eigenvalue weighted by Crippen LogP contribution is 2.19. The first-order valence-electron chi connectivity index (χ1n) is 6.34. The van der Waals surface area contributed by atoms with E-state index >= 15 is 0 Å². The molecule has 2 rings (SSSR count). The highest BCUT2D eigenvalue weighted by molar-refractivity contribution is 7.98. The van der Waals surface area contributed by atoms with Crippen molar-refractivity contribution in [3.63, 3.8) is 0 Å². The van der Waals surface area contributed by atoms with Crippen LogP contribution in [-0.2, 0) is 4.79 Å². The number of rotatable bonds is 6. The van der Waals surface area contributed by atoms with E-state index < -0.39 is 0 Å². The largest absolute Gasteiger partial charge is 0.483 e. The predicted octanol–water partition coefficient (Wildman–Crippen LogP) is 3.24. The summed E-state index contributed by atoms with van der Waals surface area (Å²) in [5.41, 5.74) is 1.15. The molecular formula is C16H15NO3S. The fourth-order valence-corrected chi connectivity index (χ4v) is 2.21. The molecule has 1 N–H and O–H groups in total. The highest BCUT2D eigenvalue weighted by atomic mass is 32.2. The lowest BCUT2D eigenvalue weighted by Gasteiger charge is -2.09. The second-order valence-electron chi connectivity index (χ2n) is 4.22. The average Bonchev–Trinajstić information content (AvgIpc) is 2.53. The molecule has 0 unspecified atom stereocenters. The Bertz CT molecular complexity index is 643. The molecule has 0 spiro atoms. The number of carbonyl (C=O) groups is 2. The minimum Gasteiger partial charge on any atom is -0.483 e. The Labute approximate surface area is 127 Å². The van der Waals surface area contributed by atoms with Gasteiger partial charge in [0.1, 0.15) is 5.75 Å². The summed E-state index contributed by atoms with van der Waals surface area (Å²) in [4.78, 5) is 23.8. The molecule has 0 saturated heterocycles. The van der Waals surface area contributed by atoms with Crippen LogP contribution in [0.15, 0.2) is 53.4 Å². The summed E-state index contributed by atoms with van der Waals surface area (Å²) in [6.07, 6.45) is 2.68. The van der Waals surface area contributed by atoms with Crippen molar-refractivity contribution in [1.82, 2.24) is 0 Å². The van der Waals surface area contributed by atoms with Crippen molar-refractivity contribution in [3.05, 3.63) is 54.1 Å². The third kappa shape index (κ3) is 4.36. The molecule has 0 fully saturated rings. The van der Waals surface area contributed by atoms with Gasteiger partial charge < -0.3 is 10.1 Å². The molecule has 0 atom stereocenters. The first-order chi connectivity index (χ1) is 10.2. The smallest absolute Gasteiger partial charge is 0.262 e. The second-order valence-corrected chi connectivity index (χ2v) is 5.10. The standard InChI is InChI=1S/C16H15NO3S/c1-21-14-7-4-6-13(9-14)17-16(19)11-20-15-8-3-2-5-12(15)10-18/h2-10H,11H2,1H3,(H,17,19). The van der Waals surface area contributed by atoms with E-state index in [1.165, 1.54) is 0 Å². The van der Waals surface area contributed by atoms with Gasteiger partial charge in [0.2, 0.25) is 0 Å². The fourth-order valence-electron chi connectivity index (χ4n) is 1.75. The lowest BCUT2D eigenvalue weighted by Crippen LogP contribution is -2.20. The average molecular weight is 301 g/mol.